The van der Waals surface area contributed by atoms with E-state index in [4.69, 9.17) is 24.4 Å². The van der Waals surface area contributed by atoms with E-state index < -0.39 is 0 Å². The van der Waals surface area contributed by atoms with Gasteiger partial charge in [-0.2, -0.15) is 0 Å². The van der Waals surface area contributed by atoms with Crippen molar-refractivity contribution in [2.45, 2.75) is 0 Å². The first-order valence-corrected chi connectivity index (χ1v) is 8.43. The smallest absolute Gasteiger partial charge is 0.187 e. The number of hydrogen-bond donors (Lipinski definition) is 2. The fourth-order valence-corrected chi connectivity index (χ4v) is 2.48. The summed E-state index contributed by atoms with van der Waals surface area (Å²) in [6.07, 6.45) is 1.93. The van der Waals surface area contributed by atoms with E-state index >= 15 is 0 Å². The molecule has 1 aromatic carbocycles. The van der Waals surface area contributed by atoms with Crippen LogP contribution in [-0.4, -0.2) is 46.8 Å². The van der Waals surface area contributed by atoms with Gasteiger partial charge in [0, 0.05) is 31.9 Å². The Hall–Kier alpha value is -1.05. The van der Waals surface area contributed by atoms with Gasteiger partial charge in [-0.1, -0.05) is 42.2 Å². The van der Waals surface area contributed by atoms with Gasteiger partial charge in [0.25, 0.3) is 0 Å². The minimum atomic E-state index is 0.690. The third kappa shape index (κ3) is 4.22. The van der Waals surface area contributed by atoms with E-state index in [1.165, 1.54) is 17.4 Å². The van der Waals surface area contributed by atoms with Gasteiger partial charge in [0.2, 0.25) is 0 Å². The van der Waals surface area contributed by atoms with E-state index in [0.29, 0.717) is 9.43 Å². The number of benzene rings is 1. The van der Waals surface area contributed by atoms with Crippen LogP contribution in [0.15, 0.2) is 30.3 Å². The molecule has 0 atom stereocenters. The molecule has 1 aliphatic heterocycles. The fourth-order valence-electron chi connectivity index (χ4n) is 2.04. The van der Waals surface area contributed by atoms with E-state index in [1.54, 1.807) is 0 Å². The first kappa shape index (κ1) is 15.3. The van der Waals surface area contributed by atoms with Crippen molar-refractivity contribution in [2.24, 2.45) is 0 Å². The summed E-state index contributed by atoms with van der Waals surface area (Å²) in [5, 5.41) is 0.703. The highest BCUT2D eigenvalue weighted by Gasteiger charge is 2.18. The van der Waals surface area contributed by atoms with Crippen LogP contribution >= 0.6 is 36.2 Å². The number of thiocarbonyl (C=S) groups is 2. The number of thioether (sulfide) groups is 1. The number of nitrogens with zero attached hydrogens (tertiary/aromatic N) is 2. The molecule has 20 heavy (non-hydrogen) atoms. The molecule has 4 nitrogen and oxygen atoms in total. The number of hydrogen-bond acceptors (Lipinski definition) is 4. The van der Waals surface area contributed by atoms with E-state index in [9.17, 15) is 0 Å². The summed E-state index contributed by atoms with van der Waals surface area (Å²) in [6.45, 7) is 3.76. The Kier molecular flexibility index (Phi) is 5.87. The molecule has 1 aromatic rings. The van der Waals surface area contributed by atoms with Crippen LogP contribution in [0.1, 0.15) is 0 Å². The molecule has 0 amide bonds. The largest absolute Gasteiger partial charge is 0.368 e. The zero-order valence-corrected chi connectivity index (χ0v) is 13.8. The van der Waals surface area contributed by atoms with Gasteiger partial charge in [0.15, 0.2) is 9.43 Å². The number of hydrazine groups is 1. The van der Waals surface area contributed by atoms with E-state index in [2.05, 4.69) is 44.9 Å². The lowest BCUT2D eigenvalue weighted by Crippen LogP contribution is -2.54. The number of para-hydroxylation sites is 1. The molecule has 1 saturated heterocycles. The van der Waals surface area contributed by atoms with Crippen LogP contribution in [0.2, 0.25) is 0 Å². The molecular formula is C13H18N4S3. The summed E-state index contributed by atoms with van der Waals surface area (Å²) in [5.74, 6) is 0. The van der Waals surface area contributed by atoms with Crippen LogP contribution in [0.5, 0.6) is 0 Å². The van der Waals surface area contributed by atoms with E-state index in [-0.39, 0.29) is 0 Å². The Labute approximate surface area is 134 Å². The predicted molar refractivity (Wildman–Crippen MR) is 95.2 cm³/mol. The van der Waals surface area contributed by atoms with Gasteiger partial charge in [0.05, 0.1) is 0 Å². The van der Waals surface area contributed by atoms with Crippen molar-refractivity contribution in [1.82, 2.24) is 15.8 Å². The summed E-state index contributed by atoms with van der Waals surface area (Å²) in [5.41, 5.74) is 7.18. The molecule has 1 fully saturated rings. The van der Waals surface area contributed by atoms with Gasteiger partial charge in [-0.15, -0.1) is 0 Å². The number of anilines is 1. The van der Waals surface area contributed by atoms with Gasteiger partial charge in [-0.3, -0.25) is 10.9 Å². The molecule has 7 heteroatoms. The molecule has 108 valence electrons. The van der Waals surface area contributed by atoms with Gasteiger partial charge >= 0.3 is 0 Å². The quantitative estimate of drug-likeness (QED) is 0.601. The lowest BCUT2D eigenvalue weighted by atomic mass is 10.2. The Morgan fingerprint density at radius 1 is 1.05 bits per heavy atom. The van der Waals surface area contributed by atoms with Crippen LogP contribution in [0.3, 0.4) is 0 Å². The molecule has 0 radical (unpaired) electrons. The first-order chi connectivity index (χ1) is 9.70. The molecular weight excluding hydrogens is 308 g/mol. The van der Waals surface area contributed by atoms with Crippen molar-refractivity contribution < 1.29 is 0 Å². The second-order valence-electron chi connectivity index (χ2n) is 4.36. The zero-order valence-electron chi connectivity index (χ0n) is 11.3. The number of piperazine rings is 1. The molecule has 0 bridgehead atoms. The molecule has 2 N–H and O–H groups in total. The highest BCUT2D eigenvalue weighted by molar-refractivity contribution is 8.22. The molecule has 0 spiro atoms. The average molecular weight is 327 g/mol. The van der Waals surface area contributed by atoms with E-state index in [1.807, 2.05) is 12.3 Å². The van der Waals surface area contributed by atoms with Crippen LogP contribution in [-0.2, 0) is 0 Å². The first-order valence-electron chi connectivity index (χ1n) is 6.39. The normalized spacial score (nSPS) is 14.8. The summed E-state index contributed by atoms with van der Waals surface area (Å²) < 4.78 is 0.690. The number of nitrogens with one attached hydrogen (secondary N) is 2. The summed E-state index contributed by atoms with van der Waals surface area (Å²) in [4.78, 5) is 4.53. The maximum atomic E-state index is 5.36. The standard InChI is InChI=1S/C13H18N4S3/c1-20-13(19)15-14-12(18)17-9-7-16(8-10-17)11-5-3-2-4-6-11/h2-6H,7-10H2,1H3,(H,14,18)(H,15,19). The Balaban J connectivity index is 1.79. The van der Waals surface area contributed by atoms with Crippen LogP contribution in [0.4, 0.5) is 5.69 Å². The zero-order chi connectivity index (χ0) is 14.4. The molecule has 0 saturated carbocycles. The minimum absolute atomic E-state index is 0.690. The predicted octanol–water partition coefficient (Wildman–Crippen LogP) is 1.84. The summed E-state index contributed by atoms with van der Waals surface area (Å²) in [7, 11) is 0. The highest BCUT2D eigenvalue weighted by Crippen LogP contribution is 2.15. The molecule has 0 unspecified atom stereocenters. The third-order valence-corrected chi connectivity index (χ3v) is 4.58. The Morgan fingerprint density at radius 2 is 1.70 bits per heavy atom. The van der Waals surface area contributed by atoms with Gasteiger partial charge in [0.1, 0.15) is 0 Å². The second kappa shape index (κ2) is 7.66. The van der Waals surface area contributed by atoms with Crippen molar-refractivity contribution in [1.29, 1.82) is 0 Å². The summed E-state index contributed by atoms with van der Waals surface area (Å²) >= 11 is 11.9. The lowest BCUT2D eigenvalue weighted by molar-refractivity contribution is 0.379. The van der Waals surface area contributed by atoms with Crippen LogP contribution < -0.4 is 15.8 Å². The van der Waals surface area contributed by atoms with Crippen molar-refractivity contribution in [2.75, 3.05) is 37.3 Å². The average Bonchev–Trinajstić information content (AvgIpc) is 2.53. The maximum Gasteiger partial charge on any atom is 0.187 e. The fraction of sp³-hybridized carbons (Fsp3) is 0.385. The van der Waals surface area contributed by atoms with Crippen molar-refractivity contribution in [3.05, 3.63) is 30.3 Å². The van der Waals surface area contributed by atoms with E-state index in [0.717, 1.165) is 26.2 Å². The topological polar surface area (TPSA) is 30.5 Å². The highest BCUT2D eigenvalue weighted by atomic mass is 32.2. The Morgan fingerprint density at radius 3 is 2.30 bits per heavy atom. The van der Waals surface area contributed by atoms with Gasteiger partial charge in [-0.05, 0) is 30.6 Å². The van der Waals surface area contributed by atoms with Gasteiger partial charge in [-0.25, -0.2) is 0 Å². The third-order valence-electron chi connectivity index (χ3n) is 3.15. The molecule has 0 aliphatic carbocycles. The molecule has 2 rings (SSSR count). The SMILES string of the molecule is CSC(=S)NNC(=S)N1CCN(c2ccccc2)CC1. The van der Waals surface area contributed by atoms with Crippen molar-refractivity contribution in [3.63, 3.8) is 0 Å². The Bertz CT molecular complexity index is 458. The van der Waals surface area contributed by atoms with Crippen LogP contribution in [0.25, 0.3) is 0 Å². The van der Waals surface area contributed by atoms with Gasteiger partial charge < -0.3 is 9.80 Å². The van der Waals surface area contributed by atoms with Crippen molar-refractivity contribution in [3.8, 4) is 0 Å². The van der Waals surface area contributed by atoms with Crippen molar-refractivity contribution >= 4 is 51.3 Å². The second-order valence-corrected chi connectivity index (χ2v) is 6.23. The maximum absolute atomic E-state index is 5.36. The monoisotopic (exact) mass is 326 g/mol. The minimum Gasteiger partial charge on any atom is -0.368 e. The molecule has 1 aliphatic rings. The number of rotatable bonds is 1. The molecule has 0 aromatic heterocycles. The lowest BCUT2D eigenvalue weighted by Gasteiger charge is -2.37. The van der Waals surface area contributed by atoms with Crippen LogP contribution in [0, 0.1) is 0 Å². The summed E-state index contributed by atoms with van der Waals surface area (Å²) in [6, 6.07) is 10.5. The molecule has 1 heterocycles.